The highest BCUT2D eigenvalue weighted by atomic mass is 16.5. The summed E-state index contributed by atoms with van der Waals surface area (Å²) >= 11 is 0. The molecule has 0 radical (unpaired) electrons. The molecule has 2 aromatic rings. The lowest BCUT2D eigenvalue weighted by molar-refractivity contribution is -0.151. The number of aryl methyl sites for hydroxylation is 1. The summed E-state index contributed by atoms with van der Waals surface area (Å²) in [5.41, 5.74) is 2.37. The first-order chi connectivity index (χ1) is 17.3. The molecule has 0 fully saturated rings. The van der Waals surface area contributed by atoms with Crippen LogP contribution in [0.25, 0.3) is 6.08 Å². The van der Waals surface area contributed by atoms with Crippen LogP contribution in [0.3, 0.4) is 0 Å². The zero-order valence-corrected chi connectivity index (χ0v) is 21.8. The van der Waals surface area contributed by atoms with Gasteiger partial charge in [0.25, 0.3) is 0 Å². The number of unbranched alkanes of at least 4 members (excludes halogenated alkanes) is 3. The lowest BCUT2D eigenvalue weighted by Gasteiger charge is -2.39. The molecule has 194 valence electrons. The Kier molecular flexibility index (Phi) is 9.91. The molecule has 1 unspecified atom stereocenters. The zero-order valence-electron chi connectivity index (χ0n) is 21.8. The minimum Gasteiger partial charge on any atom is -0.493 e. The molecule has 0 saturated carbocycles. The maximum atomic E-state index is 13.0. The number of fused-ring (bicyclic) bond motifs is 1. The molecular weight excluding hydrogens is 456 g/mol. The summed E-state index contributed by atoms with van der Waals surface area (Å²) in [7, 11) is 0. The van der Waals surface area contributed by atoms with E-state index in [9.17, 15) is 14.7 Å². The van der Waals surface area contributed by atoms with Crippen LogP contribution in [0.2, 0.25) is 0 Å². The van der Waals surface area contributed by atoms with Crippen molar-refractivity contribution >= 4 is 18.0 Å². The monoisotopic (exact) mass is 494 g/mol. The third kappa shape index (κ3) is 6.86. The minimum atomic E-state index is -1.05. The summed E-state index contributed by atoms with van der Waals surface area (Å²) in [6, 6.07) is 4.26. The fourth-order valence-corrected chi connectivity index (χ4v) is 4.48. The van der Waals surface area contributed by atoms with E-state index >= 15 is 0 Å². The number of aromatic nitrogens is 1. The van der Waals surface area contributed by atoms with Crippen molar-refractivity contribution in [1.82, 2.24) is 9.88 Å². The van der Waals surface area contributed by atoms with E-state index in [1.165, 1.54) is 11.0 Å². The number of carboxylic acid groups (broad SMARTS) is 1. The van der Waals surface area contributed by atoms with Gasteiger partial charge >= 0.3 is 5.97 Å². The number of oxazole rings is 1. The smallest absolute Gasteiger partial charge is 0.331 e. The van der Waals surface area contributed by atoms with E-state index in [-0.39, 0.29) is 11.9 Å². The Bertz CT molecular complexity index is 1100. The molecular formula is C29H38N2O5. The van der Waals surface area contributed by atoms with E-state index in [4.69, 9.17) is 9.15 Å². The average molecular weight is 495 g/mol. The molecule has 1 aliphatic heterocycles. The number of amides is 1. The lowest BCUT2D eigenvalue weighted by atomic mass is 9.88. The quantitative estimate of drug-likeness (QED) is 0.285. The van der Waals surface area contributed by atoms with Crippen molar-refractivity contribution < 1.29 is 23.8 Å². The van der Waals surface area contributed by atoms with Gasteiger partial charge in [0.1, 0.15) is 11.5 Å². The van der Waals surface area contributed by atoms with Crippen molar-refractivity contribution in [1.29, 1.82) is 0 Å². The summed E-state index contributed by atoms with van der Waals surface area (Å²) in [5.74, 6) is 0.618. The number of rotatable bonds is 12. The van der Waals surface area contributed by atoms with E-state index in [2.05, 4.69) is 18.8 Å². The standard InChI is InChI=1S/C29H38N2O5/c1-5-7-9-11-13-27(32)31-20(3)18-22-14-15-23(19-24(22)28(31)29(33)34)35-17-16-25-21(4)36-26(30-25)12-10-8-6-2/h10-15,19-20,28H,5-9,16-18H2,1-4H3,(H,33,34)/t20-,28?/m0/s1. The van der Waals surface area contributed by atoms with Gasteiger partial charge in [-0.15, -0.1) is 0 Å². The molecule has 7 nitrogen and oxygen atoms in total. The number of aliphatic carboxylic acids is 1. The first kappa shape index (κ1) is 27.2. The fourth-order valence-electron chi connectivity index (χ4n) is 4.48. The van der Waals surface area contributed by atoms with Crippen LogP contribution < -0.4 is 4.74 Å². The minimum absolute atomic E-state index is 0.218. The Labute approximate surface area is 213 Å². The third-order valence-corrected chi connectivity index (χ3v) is 6.39. The van der Waals surface area contributed by atoms with Gasteiger partial charge in [0.2, 0.25) is 11.8 Å². The van der Waals surface area contributed by atoms with E-state index in [1.54, 1.807) is 6.07 Å². The highest BCUT2D eigenvalue weighted by Gasteiger charge is 2.39. The van der Waals surface area contributed by atoms with Crippen molar-refractivity contribution in [3.8, 4) is 5.75 Å². The SMILES string of the molecule is CCCC=Cc1nc(CCOc2ccc3c(c2)C(C(=O)O)N(C(=O)C=CCCCC)[C@@H](C)C3)c(C)o1. The van der Waals surface area contributed by atoms with Crippen molar-refractivity contribution in [2.24, 2.45) is 0 Å². The average Bonchev–Trinajstić information content (AvgIpc) is 3.20. The maximum absolute atomic E-state index is 13.0. The third-order valence-electron chi connectivity index (χ3n) is 6.39. The van der Waals surface area contributed by atoms with Crippen LogP contribution in [-0.2, 0) is 22.4 Å². The van der Waals surface area contributed by atoms with Crippen LogP contribution >= 0.6 is 0 Å². The molecule has 0 saturated heterocycles. The molecule has 1 aromatic carbocycles. The highest BCUT2D eigenvalue weighted by molar-refractivity contribution is 5.92. The predicted octanol–water partition coefficient (Wildman–Crippen LogP) is 6.06. The van der Waals surface area contributed by atoms with Gasteiger partial charge in [-0.05, 0) is 68.5 Å². The lowest BCUT2D eigenvalue weighted by Crippen LogP contribution is -2.48. The molecule has 1 N–H and O–H groups in total. The van der Waals surface area contributed by atoms with Crippen LogP contribution in [0, 0.1) is 6.92 Å². The number of carbonyl (C=O) groups excluding carboxylic acids is 1. The molecule has 36 heavy (non-hydrogen) atoms. The summed E-state index contributed by atoms with van der Waals surface area (Å²) < 4.78 is 11.7. The van der Waals surface area contributed by atoms with E-state index in [0.717, 1.165) is 49.1 Å². The normalized spacial score (nSPS) is 17.6. The maximum Gasteiger partial charge on any atom is 0.331 e. The summed E-state index contributed by atoms with van der Waals surface area (Å²) in [5, 5.41) is 10.1. The van der Waals surface area contributed by atoms with Crippen LogP contribution in [-0.4, -0.2) is 39.5 Å². The zero-order chi connectivity index (χ0) is 26.1. The van der Waals surface area contributed by atoms with Crippen LogP contribution in [0.4, 0.5) is 0 Å². The van der Waals surface area contributed by atoms with Gasteiger partial charge in [-0.1, -0.05) is 51.3 Å². The van der Waals surface area contributed by atoms with E-state index in [0.29, 0.717) is 36.7 Å². The Morgan fingerprint density at radius 2 is 2.03 bits per heavy atom. The topological polar surface area (TPSA) is 92.9 Å². The van der Waals surface area contributed by atoms with Gasteiger partial charge in [-0.3, -0.25) is 4.79 Å². The fraction of sp³-hybridized carbons (Fsp3) is 0.483. The number of hydrogen-bond donors (Lipinski definition) is 1. The summed E-state index contributed by atoms with van der Waals surface area (Å²) in [6.45, 7) is 8.37. The van der Waals surface area contributed by atoms with Crippen molar-refractivity contribution in [2.75, 3.05) is 6.61 Å². The molecule has 2 heterocycles. The van der Waals surface area contributed by atoms with Gasteiger partial charge in [0, 0.05) is 12.5 Å². The Morgan fingerprint density at radius 1 is 1.22 bits per heavy atom. The Hall–Kier alpha value is -3.35. The predicted molar refractivity (Wildman–Crippen MR) is 140 cm³/mol. The number of benzene rings is 1. The van der Waals surface area contributed by atoms with Gasteiger partial charge in [0.05, 0.1) is 12.3 Å². The molecule has 1 aliphatic rings. The number of allylic oxidation sites excluding steroid dienone is 2. The molecule has 1 amide bonds. The van der Waals surface area contributed by atoms with Crippen LogP contribution in [0.1, 0.15) is 87.4 Å². The Balaban J connectivity index is 1.71. The van der Waals surface area contributed by atoms with Gasteiger partial charge < -0.3 is 19.2 Å². The second kappa shape index (κ2) is 13.1. The molecule has 0 bridgehead atoms. The summed E-state index contributed by atoms with van der Waals surface area (Å²) in [6.07, 6.45) is 13.3. The number of carbonyl (C=O) groups is 2. The Morgan fingerprint density at radius 3 is 2.75 bits per heavy atom. The number of ether oxygens (including phenoxy) is 1. The van der Waals surface area contributed by atoms with E-state index < -0.39 is 12.0 Å². The highest BCUT2D eigenvalue weighted by Crippen LogP contribution is 2.36. The first-order valence-corrected chi connectivity index (χ1v) is 13.0. The van der Waals surface area contributed by atoms with E-state index in [1.807, 2.05) is 44.2 Å². The van der Waals surface area contributed by atoms with Gasteiger partial charge in [0.15, 0.2) is 6.04 Å². The van der Waals surface area contributed by atoms with Crippen LogP contribution in [0.5, 0.6) is 5.75 Å². The van der Waals surface area contributed by atoms with Crippen LogP contribution in [0.15, 0.2) is 40.8 Å². The first-order valence-electron chi connectivity index (χ1n) is 13.0. The molecule has 1 aromatic heterocycles. The second-order valence-electron chi connectivity index (χ2n) is 9.29. The molecule has 0 spiro atoms. The molecule has 3 rings (SSSR count). The number of nitrogens with zero attached hydrogens (tertiary/aromatic N) is 2. The van der Waals surface area contributed by atoms with Crippen molar-refractivity contribution in [3.63, 3.8) is 0 Å². The number of carboxylic acids is 1. The molecule has 0 aliphatic carbocycles. The molecule has 2 atom stereocenters. The van der Waals surface area contributed by atoms with Gasteiger partial charge in [-0.25, -0.2) is 9.78 Å². The molecule has 7 heteroatoms. The largest absolute Gasteiger partial charge is 0.493 e. The van der Waals surface area contributed by atoms with Crippen molar-refractivity contribution in [2.45, 2.75) is 84.7 Å². The van der Waals surface area contributed by atoms with Crippen molar-refractivity contribution in [3.05, 3.63) is 64.9 Å². The number of hydrogen-bond acceptors (Lipinski definition) is 5. The second-order valence-corrected chi connectivity index (χ2v) is 9.29. The summed E-state index contributed by atoms with van der Waals surface area (Å²) in [4.78, 5) is 31.3. The van der Waals surface area contributed by atoms with Gasteiger partial charge in [-0.2, -0.15) is 0 Å².